The molecule has 0 unspecified atom stereocenters. The van der Waals surface area contributed by atoms with Crippen molar-refractivity contribution in [2.24, 2.45) is 11.5 Å². The highest BCUT2D eigenvalue weighted by Crippen LogP contribution is 2.28. The van der Waals surface area contributed by atoms with Crippen molar-refractivity contribution in [2.75, 3.05) is 19.3 Å². The number of pyridine rings is 1. The standard InChI is InChI=1S/C26H31N7O4/c1-3-32(2)31-12-19-14-33(13-15-4-6-16(7-5-15)25(29)30)23(21(24(19)35)11-22(28)34)17-8-18(26(36)37)10-20(27)9-17/h4-10,14,31H,3,11-13,27H2,1-2H3,(H2,28,34)(H3,29,30)(H,36,37). The Morgan fingerprint density at radius 2 is 1.78 bits per heavy atom. The molecule has 37 heavy (non-hydrogen) atoms. The second kappa shape index (κ2) is 11.5. The Hall–Kier alpha value is -4.48. The number of hydrazine groups is 1. The second-order valence-electron chi connectivity index (χ2n) is 8.69. The van der Waals surface area contributed by atoms with Gasteiger partial charge in [-0.3, -0.25) is 20.4 Å². The molecule has 3 aromatic rings. The van der Waals surface area contributed by atoms with Crippen LogP contribution in [0.25, 0.3) is 11.3 Å². The predicted octanol–water partition coefficient (Wildman–Crippen LogP) is 1.11. The lowest BCUT2D eigenvalue weighted by molar-refractivity contribution is -0.117. The number of nitrogens with one attached hydrogen (secondary N) is 2. The maximum atomic E-state index is 13.6. The van der Waals surface area contributed by atoms with Gasteiger partial charge in [-0.25, -0.2) is 9.80 Å². The van der Waals surface area contributed by atoms with Crippen molar-refractivity contribution in [1.82, 2.24) is 15.0 Å². The van der Waals surface area contributed by atoms with Crippen LogP contribution in [0.4, 0.5) is 5.69 Å². The van der Waals surface area contributed by atoms with Crippen LogP contribution in [0.3, 0.4) is 0 Å². The molecule has 0 aliphatic rings. The molecule has 0 atom stereocenters. The number of nitrogen functional groups attached to an aromatic ring is 2. The third-order valence-corrected chi connectivity index (χ3v) is 5.91. The van der Waals surface area contributed by atoms with Crippen molar-refractivity contribution < 1.29 is 14.7 Å². The highest BCUT2D eigenvalue weighted by Gasteiger charge is 2.21. The maximum Gasteiger partial charge on any atom is 0.335 e. The Bertz CT molecular complexity index is 1400. The first-order valence-electron chi connectivity index (χ1n) is 11.6. The zero-order valence-electron chi connectivity index (χ0n) is 20.7. The first-order valence-corrected chi connectivity index (χ1v) is 11.6. The minimum absolute atomic E-state index is 0.0554. The van der Waals surface area contributed by atoms with E-state index in [1.807, 2.05) is 19.0 Å². The second-order valence-corrected chi connectivity index (χ2v) is 8.69. The zero-order chi connectivity index (χ0) is 27.3. The molecule has 2 aromatic carbocycles. The molecular weight excluding hydrogens is 474 g/mol. The summed E-state index contributed by atoms with van der Waals surface area (Å²) in [6.07, 6.45) is 1.34. The van der Waals surface area contributed by atoms with Crippen LogP contribution in [0.5, 0.6) is 0 Å². The van der Waals surface area contributed by atoms with Crippen LogP contribution in [0.1, 0.15) is 39.5 Å². The van der Waals surface area contributed by atoms with E-state index in [9.17, 15) is 19.5 Å². The molecule has 0 radical (unpaired) electrons. The molecule has 11 heteroatoms. The number of nitrogens with zero attached hydrogens (tertiary/aromatic N) is 2. The van der Waals surface area contributed by atoms with Gasteiger partial charge in [0.2, 0.25) is 5.91 Å². The monoisotopic (exact) mass is 505 g/mol. The fraction of sp³-hybridized carbons (Fsp3) is 0.231. The average molecular weight is 506 g/mol. The van der Waals surface area contributed by atoms with E-state index < -0.39 is 11.9 Å². The van der Waals surface area contributed by atoms with E-state index in [0.29, 0.717) is 28.9 Å². The van der Waals surface area contributed by atoms with Gasteiger partial charge >= 0.3 is 5.97 Å². The topological polar surface area (TPSA) is 194 Å². The number of aromatic nitrogens is 1. The Kier molecular flexibility index (Phi) is 8.43. The summed E-state index contributed by atoms with van der Waals surface area (Å²) in [6, 6.07) is 11.3. The summed E-state index contributed by atoms with van der Waals surface area (Å²) in [5, 5.41) is 19.0. The molecule has 0 aliphatic carbocycles. The largest absolute Gasteiger partial charge is 0.478 e. The van der Waals surface area contributed by atoms with Crippen LogP contribution in [-0.2, 0) is 24.3 Å². The molecule has 0 aliphatic heterocycles. The smallest absolute Gasteiger partial charge is 0.335 e. The summed E-state index contributed by atoms with van der Waals surface area (Å²) in [7, 11) is 1.84. The molecule has 11 nitrogen and oxygen atoms in total. The van der Waals surface area contributed by atoms with Crippen LogP contribution in [0.15, 0.2) is 53.5 Å². The van der Waals surface area contributed by atoms with Crippen molar-refractivity contribution >= 4 is 23.4 Å². The van der Waals surface area contributed by atoms with Gasteiger partial charge in [0.05, 0.1) is 17.7 Å². The van der Waals surface area contributed by atoms with Crippen LogP contribution in [-0.4, -0.2) is 46.0 Å². The van der Waals surface area contributed by atoms with Crippen molar-refractivity contribution in [1.29, 1.82) is 5.41 Å². The van der Waals surface area contributed by atoms with Crippen LogP contribution in [0, 0.1) is 5.41 Å². The highest BCUT2D eigenvalue weighted by molar-refractivity contribution is 5.95. The average Bonchev–Trinajstić information content (AvgIpc) is 2.84. The highest BCUT2D eigenvalue weighted by atomic mass is 16.4. The first-order chi connectivity index (χ1) is 17.5. The summed E-state index contributed by atoms with van der Waals surface area (Å²) in [5.41, 5.74) is 22.7. The molecular formula is C26H31N7O4. The molecule has 1 heterocycles. The van der Waals surface area contributed by atoms with Gasteiger partial charge in [0.25, 0.3) is 0 Å². The molecule has 194 valence electrons. The number of carboxylic acid groups (broad SMARTS) is 1. The Labute approximate surface area is 214 Å². The van der Waals surface area contributed by atoms with Crippen molar-refractivity contribution in [3.8, 4) is 11.3 Å². The number of nitrogens with two attached hydrogens (primary N) is 3. The fourth-order valence-electron chi connectivity index (χ4n) is 3.95. The lowest BCUT2D eigenvalue weighted by Gasteiger charge is -2.22. The van der Waals surface area contributed by atoms with Crippen molar-refractivity contribution in [3.05, 3.63) is 86.7 Å². The van der Waals surface area contributed by atoms with Gasteiger partial charge in [0.15, 0.2) is 5.43 Å². The molecule has 1 amide bonds. The minimum atomic E-state index is -1.18. The third-order valence-electron chi connectivity index (χ3n) is 5.91. The van der Waals surface area contributed by atoms with E-state index in [1.165, 1.54) is 12.1 Å². The number of primary amides is 1. The number of anilines is 1. The molecule has 0 fully saturated rings. The Morgan fingerprint density at radius 3 is 2.35 bits per heavy atom. The van der Waals surface area contributed by atoms with E-state index in [2.05, 4.69) is 5.43 Å². The summed E-state index contributed by atoms with van der Waals surface area (Å²) in [6.45, 7) is 3.13. The van der Waals surface area contributed by atoms with Gasteiger partial charge < -0.3 is 26.9 Å². The summed E-state index contributed by atoms with van der Waals surface area (Å²) in [4.78, 5) is 37.3. The van der Waals surface area contributed by atoms with Gasteiger partial charge in [-0.15, -0.1) is 0 Å². The predicted molar refractivity (Wildman–Crippen MR) is 142 cm³/mol. The van der Waals surface area contributed by atoms with Gasteiger partial charge in [-0.1, -0.05) is 31.2 Å². The molecule has 9 N–H and O–H groups in total. The number of carbonyl (C=O) groups is 2. The van der Waals surface area contributed by atoms with E-state index >= 15 is 0 Å². The van der Waals surface area contributed by atoms with Gasteiger partial charge in [0, 0.05) is 60.8 Å². The van der Waals surface area contributed by atoms with Gasteiger partial charge in [-0.2, -0.15) is 0 Å². The number of hydrogen-bond donors (Lipinski definition) is 6. The maximum absolute atomic E-state index is 13.6. The number of aromatic carboxylic acids is 1. The normalized spacial score (nSPS) is 11.0. The van der Waals surface area contributed by atoms with E-state index in [1.54, 1.807) is 41.1 Å². The Balaban J connectivity index is 2.28. The van der Waals surface area contributed by atoms with Crippen LogP contribution in [0.2, 0.25) is 0 Å². The Morgan fingerprint density at radius 1 is 1.11 bits per heavy atom. The number of carbonyl (C=O) groups excluding carboxylic acids is 1. The molecule has 3 rings (SSSR count). The summed E-state index contributed by atoms with van der Waals surface area (Å²) < 4.78 is 1.78. The number of amides is 1. The van der Waals surface area contributed by atoms with Gasteiger partial charge in [-0.05, 0) is 23.8 Å². The van der Waals surface area contributed by atoms with E-state index in [-0.39, 0.29) is 47.6 Å². The number of benzene rings is 2. The lowest BCUT2D eigenvalue weighted by atomic mass is 9.97. The van der Waals surface area contributed by atoms with Crippen LogP contribution >= 0.6 is 0 Å². The fourth-order valence-corrected chi connectivity index (χ4v) is 3.95. The molecule has 0 saturated carbocycles. The molecule has 0 spiro atoms. The SMILES string of the molecule is CCN(C)NCc1cn(Cc2ccc(C(=N)N)cc2)c(-c2cc(N)cc(C(=O)O)c2)c(CC(N)=O)c1=O. The van der Waals surface area contributed by atoms with Crippen molar-refractivity contribution in [2.45, 2.75) is 26.4 Å². The quantitative estimate of drug-likeness (QED) is 0.0965. The van der Waals surface area contributed by atoms with E-state index in [0.717, 1.165) is 5.56 Å². The molecule has 0 bridgehead atoms. The zero-order valence-corrected chi connectivity index (χ0v) is 20.7. The van der Waals surface area contributed by atoms with E-state index in [4.69, 9.17) is 22.6 Å². The summed E-state index contributed by atoms with van der Waals surface area (Å²) >= 11 is 0. The summed E-state index contributed by atoms with van der Waals surface area (Å²) in [5.74, 6) is -1.94. The van der Waals surface area contributed by atoms with Crippen LogP contribution < -0.4 is 28.1 Å². The number of rotatable bonds is 11. The first kappa shape index (κ1) is 27.1. The molecule has 0 saturated heterocycles. The lowest BCUT2D eigenvalue weighted by Crippen LogP contribution is -2.36. The third kappa shape index (κ3) is 6.60. The number of hydrogen-bond acceptors (Lipinski definition) is 7. The minimum Gasteiger partial charge on any atom is -0.478 e. The molecule has 1 aromatic heterocycles. The van der Waals surface area contributed by atoms with Gasteiger partial charge in [0.1, 0.15) is 5.84 Å². The van der Waals surface area contributed by atoms with Crippen molar-refractivity contribution in [3.63, 3.8) is 0 Å². The number of amidine groups is 1. The number of carboxylic acids is 1.